The van der Waals surface area contributed by atoms with Gasteiger partial charge in [0.15, 0.2) is 16.8 Å². The number of halogens is 1. The molecule has 5 rings (SSSR count). The summed E-state index contributed by atoms with van der Waals surface area (Å²) in [5.41, 5.74) is 4.79. The minimum Gasteiger partial charge on any atom is -0.297 e. The quantitative estimate of drug-likeness (QED) is 0.421. The summed E-state index contributed by atoms with van der Waals surface area (Å²) in [6.07, 6.45) is 2.99. The number of hydrogen-bond donors (Lipinski definition) is 0. The lowest BCUT2D eigenvalue weighted by Crippen LogP contribution is -2.23. The lowest BCUT2D eigenvalue weighted by Gasteiger charge is -2.07. The summed E-state index contributed by atoms with van der Waals surface area (Å²) in [6.45, 7) is 2.54. The topological polar surface area (TPSA) is 78.0 Å². The van der Waals surface area contributed by atoms with E-state index in [1.807, 2.05) is 61.5 Å². The number of hydrogen-bond acceptors (Lipinski definition) is 5. The number of rotatable bonds is 5. The highest BCUT2D eigenvalue weighted by atomic mass is 35.5. The Morgan fingerprint density at radius 3 is 2.48 bits per heavy atom. The van der Waals surface area contributed by atoms with Gasteiger partial charge in [0.2, 0.25) is 0 Å². The summed E-state index contributed by atoms with van der Waals surface area (Å²) in [5, 5.41) is 14.0. The summed E-state index contributed by atoms with van der Waals surface area (Å²) < 4.78 is 3.19. The lowest BCUT2D eigenvalue weighted by atomic mass is 10.0. The molecular weight excluding hydrogens is 412 g/mol. The van der Waals surface area contributed by atoms with Gasteiger partial charge in [-0.25, -0.2) is 4.98 Å². The summed E-state index contributed by atoms with van der Waals surface area (Å²) in [7, 11) is 0. The van der Waals surface area contributed by atoms with Gasteiger partial charge >= 0.3 is 0 Å². The Labute approximate surface area is 183 Å². The molecule has 0 spiro atoms. The van der Waals surface area contributed by atoms with Crippen LogP contribution in [0.15, 0.2) is 65.7 Å². The molecule has 0 saturated carbocycles. The first-order chi connectivity index (χ1) is 15.2. The molecule has 0 saturated heterocycles. The third-order valence-corrected chi connectivity index (χ3v) is 5.58. The van der Waals surface area contributed by atoms with E-state index in [2.05, 4.69) is 15.2 Å². The molecule has 0 fully saturated rings. The molecule has 0 unspecified atom stereocenters. The average Bonchev–Trinajstić information content (AvgIpc) is 3.19. The van der Waals surface area contributed by atoms with Crippen molar-refractivity contribution in [2.24, 2.45) is 0 Å². The summed E-state index contributed by atoms with van der Waals surface area (Å²) in [4.78, 5) is 17.5. The molecule has 7 nitrogen and oxygen atoms in total. The molecule has 0 radical (unpaired) electrons. The Hall–Kier alpha value is -3.58. The van der Waals surface area contributed by atoms with E-state index < -0.39 is 0 Å². The van der Waals surface area contributed by atoms with Crippen molar-refractivity contribution in [1.82, 2.24) is 29.4 Å². The van der Waals surface area contributed by atoms with Crippen LogP contribution in [-0.2, 0) is 19.4 Å². The highest BCUT2D eigenvalue weighted by Crippen LogP contribution is 2.29. The van der Waals surface area contributed by atoms with Gasteiger partial charge in [-0.15, -0.1) is 10.2 Å². The fraction of sp³-hybridized carbons (Fsp3) is 0.174. The van der Waals surface area contributed by atoms with Gasteiger partial charge < -0.3 is 0 Å². The van der Waals surface area contributed by atoms with Crippen LogP contribution < -0.4 is 5.56 Å². The highest BCUT2D eigenvalue weighted by molar-refractivity contribution is 6.30. The van der Waals surface area contributed by atoms with E-state index in [0.717, 1.165) is 28.8 Å². The van der Waals surface area contributed by atoms with Gasteiger partial charge in [0.1, 0.15) is 6.33 Å². The fourth-order valence-corrected chi connectivity index (χ4v) is 3.84. The van der Waals surface area contributed by atoms with Crippen molar-refractivity contribution in [3.8, 4) is 11.1 Å². The molecule has 31 heavy (non-hydrogen) atoms. The van der Waals surface area contributed by atoms with Gasteiger partial charge in [-0.05, 0) is 36.1 Å². The Balaban J connectivity index is 1.61. The Morgan fingerprint density at radius 1 is 0.968 bits per heavy atom. The molecule has 154 valence electrons. The second kappa shape index (κ2) is 7.92. The van der Waals surface area contributed by atoms with Gasteiger partial charge in [-0.3, -0.25) is 9.36 Å². The third-order valence-electron chi connectivity index (χ3n) is 5.33. The molecule has 0 atom stereocenters. The van der Waals surface area contributed by atoms with Crippen LogP contribution in [-0.4, -0.2) is 29.4 Å². The van der Waals surface area contributed by atoms with E-state index >= 15 is 0 Å². The maximum absolute atomic E-state index is 13.0. The van der Waals surface area contributed by atoms with Crippen molar-refractivity contribution < 1.29 is 0 Å². The van der Waals surface area contributed by atoms with Gasteiger partial charge in [-0.1, -0.05) is 61.0 Å². The first kappa shape index (κ1) is 19.4. The first-order valence-corrected chi connectivity index (χ1v) is 10.5. The van der Waals surface area contributed by atoms with E-state index in [1.54, 1.807) is 15.4 Å². The van der Waals surface area contributed by atoms with Crippen LogP contribution in [0.25, 0.3) is 27.9 Å². The zero-order valence-corrected chi connectivity index (χ0v) is 17.6. The predicted octanol–water partition coefficient (Wildman–Crippen LogP) is 3.96. The van der Waals surface area contributed by atoms with Crippen LogP contribution in [0.2, 0.25) is 5.02 Å². The lowest BCUT2D eigenvalue weighted by molar-refractivity contribution is 0.657. The fourth-order valence-electron chi connectivity index (χ4n) is 3.72. The standard InChI is InChI=1S/C23H19ClN6O/c1-2-18-19(16-8-10-17(24)11-9-16)21-27-26-20-22(30(21)28-18)25-14-29(23(20)31)13-12-15-6-4-3-5-7-15/h3-11,14H,2,12-13H2,1H3. The zero-order valence-electron chi connectivity index (χ0n) is 16.9. The number of nitrogens with zero attached hydrogens (tertiary/aromatic N) is 6. The van der Waals surface area contributed by atoms with Crippen LogP contribution in [0.5, 0.6) is 0 Å². The van der Waals surface area contributed by atoms with Crippen molar-refractivity contribution in [1.29, 1.82) is 0 Å². The van der Waals surface area contributed by atoms with Crippen LogP contribution >= 0.6 is 11.6 Å². The van der Waals surface area contributed by atoms with Crippen LogP contribution in [0.1, 0.15) is 18.2 Å². The second-order valence-corrected chi connectivity index (χ2v) is 7.70. The Bertz CT molecular complexity index is 1440. The van der Waals surface area contributed by atoms with Crippen LogP contribution in [0.3, 0.4) is 0 Å². The highest BCUT2D eigenvalue weighted by Gasteiger charge is 2.19. The monoisotopic (exact) mass is 430 g/mol. The van der Waals surface area contributed by atoms with E-state index in [-0.39, 0.29) is 11.1 Å². The minimum absolute atomic E-state index is 0.205. The smallest absolute Gasteiger partial charge is 0.283 e. The SMILES string of the molecule is CCc1nn2c(nnc3c(=O)n(CCc4ccccc4)cnc32)c1-c1ccc(Cl)cc1. The molecular formula is C23H19ClN6O. The minimum atomic E-state index is -0.225. The Morgan fingerprint density at radius 2 is 1.74 bits per heavy atom. The third kappa shape index (κ3) is 3.47. The molecule has 0 amide bonds. The van der Waals surface area contributed by atoms with E-state index in [1.165, 1.54) is 0 Å². The van der Waals surface area contributed by atoms with Gasteiger partial charge in [0, 0.05) is 11.6 Å². The average molecular weight is 431 g/mol. The predicted molar refractivity (Wildman–Crippen MR) is 120 cm³/mol. The zero-order chi connectivity index (χ0) is 21.4. The molecule has 3 heterocycles. The molecule has 0 aliphatic carbocycles. The molecule has 0 aliphatic heterocycles. The molecule has 5 aromatic rings. The van der Waals surface area contributed by atoms with Crippen molar-refractivity contribution >= 4 is 28.4 Å². The van der Waals surface area contributed by atoms with E-state index in [0.29, 0.717) is 29.3 Å². The normalized spacial score (nSPS) is 11.4. The molecule has 2 aromatic carbocycles. The number of benzene rings is 2. The largest absolute Gasteiger partial charge is 0.297 e. The summed E-state index contributed by atoms with van der Waals surface area (Å²) in [6, 6.07) is 17.5. The summed E-state index contributed by atoms with van der Waals surface area (Å²) >= 11 is 6.04. The molecule has 0 N–H and O–H groups in total. The van der Waals surface area contributed by atoms with Crippen molar-refractivity contribution in [2.75, 3.05) is 0 Å². The van der Waals surface area contributed by atoms with Crippen LogP contribution in [0, 0.1) is 0 Å². The van der Waals surface area contributed by atoms with E-state index in [4.69, 9.17) is 16.7 Å². The van der Waals surface area contributed by atoms with Gasteiger partial charge in [-0.2, -0.15) is 9.61 Å². The van der Waals surface area contributed by atoms with Gasteiger partial charge in [0.05, 0.1) is 11.3 Å². The van der Waals surface area contributed by atoms with Crippen molar-refractivity contribution in [3.05, 3.63) is 87.6 Å². The number of fused-ring (bicyclic) bond motifs is 3. The van der Waals surface area contributed by atoms with Crippen LogP contribution in [0.4, 0.5) is 0 Å². The van der Waals surface area contributed by atoms with Crippen molar-refractivity contribution in [2.45, 2.75) is 26.3 Å². The number of aryl methyl sites for hydroxylation is 3. The van der Waals surface area contributed by atoms with E-state index in [9.17, 15) is 4.79 Å². The molecule has 8 heteroatoms. The molecule has 3 aromatic heterocycles. The maximum Gasteiger partial charge on any atom is 0.283 e. The summed E-state index contributed by atoms with van der Waals surface area (Å²) in [5.74, 6) is 0. The van der Waals surface area contributed by atoms with Crippen molar-refractivity contribution in [3.63, 3.8) is 0 Å². The molecule has 0 bridgehead atoms. The molecule has 0 aliphatic rings. The number of aromatic nitrogens is 6. The second-order valence-electron chi connectivity index (χ2n) is 7.27. The first-order valence-electron chi connectivity index (χ1n) is 10.1. The Kier molecular flexibility index (Phi) is 4.95. The van der Waals surface area contributed by atoms with Gasteiger partial charge in [0.25, 0.3) is 5.56 Å². The maximum atomic E-state index is 13.0.